The maximum absolute atomic E-state index is 12.8. The van der Waals surface area contributed by atoms with Crippen LogP contribution in [0.2, 0.25) is 0 Å². The minimum atomic E-state index is -0.568. The zero-order valence-corrected chi connectivity index (χ0v) is 15.0. The molecule has 1 aromatic carbocycles. The van der Waals surface area contributed by atoms with Gasteiger partial charge in [0, 0.05) is 23.2 Å². The lowest BCUT2D eigenvalue weighted by atomic mass is 10.0. The van der Waals surface area contributed by atoms with Crippen molar-refractivity contribution in [3.05, 3.63) is 28.7 Å². The van der Waals surface area contributed by atoms with Crippen LogP contribution in [0.15, 0.2) is 28.7 Å². The Morgan fingerprint density at radius 3 is 2.87 bits per heavy atom. The smallest absolute Gasteiger partial charge is 0.239 e. The molecule has 2 aliphatic heterocycles. The lowest BCUT2D eigenvalue weighted by Gasteiger charge is -2.37. The van der Waals surface area contributed by atoms with Crippen molar-refractivity contribution in [2.24, 2.45) is 5.92 Å². The fourth-order valence-corrected chi connectivity index (χ4v) is 3.61. The molecule has 2 fully saturated rings. The first-order valence-electron chi connectivity index (χ1n) is 7.96. The van der Waals surface area contributed by atoms with Crippen molar-refractivity contribution in [1.29, 1.82) is 0 Å². The molecule has 5 nitrogen and oxygen atoms in total. The van der Waals surface area contributed by atoms with E-state index in [-0.39, 0.29) is 24.0 Å². The number of carbonyl (C=O) groups excluding carboxylic acids is 2. The highest BCUT2D eigenvalue weighted by atomic mass is 79.9. The van der Waals surface area contributed by atoms with E-state index in [1.54, 1.807) is 9.80 Å². The van der Waals surface area contributed by atoms with Gasteiger partial charge in [0.15, 0.2) is 0 Å². The van der Waals surface area contributed by atoms with Gasteiger partial charge in [-0.15, -0.1) is 0 Å². The van der Waals surface area contributed by atoms with Gasteiger partial charge in [-0.2, -0.15) is 0 Å². The second kappa shape index (κ2) is 6.61. The fraction of sp³-hybridized carbons (Fsp3) is 0.529. The molecular weight excluding hydrogens is 360 g/mol. The number of morpholine rings is 1. The number of hydrogen-bond donors (Lipinski definition) is 0. The van der Waals surface area contributed by atoms with Gasteiger partial charge in [-0.3, -0.25) is 9.59 Å². The van der Waals surface area contributed by atoms with E-state index in [2.05, 4.69) is 15.9 Å². The summed E-state index contributed by atoms with van der Waals surface area (Å²) < 4.78 is 6.49. The molecule has 0 N–H and O–H groups in total. The van der Waals surface area contributed by atoms with E-state index >= 15 is 0 Å². The summed E-state index contributed by atoms with van der Waals surface area (Å²) in [5, 5.41) is 0. The van der Waals surface area contributed by atoms with E-state index in [4.69, 9.17) is 4.74 Å². The summed E-state index contributed by atoms with van der Waals surface area (Å²) in [5.41, 5.74) is 0.836. The summed E-state index contributed by atoms with van der Waals surface area (Å²) in [5.74, 6) is -0.726. The Morgan fingerprint density at radius 1 is 1.35 bits per heavy atom. The maximum atomic E-state index is 12.8. The third-order valence-electron chi connectivity index (χ3n) is 4.51. The number of benzene rings is 1. The molecule has 2 aliphatic rings. The molecular formula is C17H21BrN2O3. The first kappa shape index (κ1) is 16.5. The maximum Gasteiger partial charge on any atom is 0.239 e. The van der Waals surface area contributed by atoms with Crippen LogP contribution in [0.1, 0.15) is 20.3 Å². The second-order valence-electron chi connectivity index (χ2n) is 6.29. The van der Waals surface area contributed by atoms with Gasteiger partial charge in [-0.05, 0) is 38.5 Å². The van der Waals surface area contributed by atoms with Crippen LogP contribution in [0.5, 0.6) is 0 Å². The standard InChI is InChI=1S/C17H21BrN2O3/c1-11-10-23-12(2)9-20(11)17(22)15-6-7-19(16(15)21)14-5-3-4-13(18)8-14/h3-5,8,11-12,15H,6-7,9-10H2,1-2H3. The summed E-state index contributed by atoms with van der Waals surface area (Å²) in [7, 11) is 0. The molecule has 0 spiro atoms. The molecule has 0 radical (unpaired) electrons. The van der Waals surface area contributed by atoms with Crippen LogP contribution in [0.4, 0.5) is 5.69 Å². The average Bonchev–Trinajstić information content (AvgIpc) is 2.90. The van der Waals surface area contributed by atoms with Crippen molar-refractivity contribution in [1.82, 2.24) is 4.90 Å². The van der Waals surface area contributed by atoms with Crippen LogP contribution < -0.4 is 4.90 Å². The molecule has 0 aliphatic carbocycles. The number of halogens is 1. The summed E-state index contributed by atoms with van der Waals surface area (Å²) in [4.78, 5) is 29.1. The summed E-state index contributed by atoms with van der Waals surface area (Å²) >= 11 is 3.42. The van der Waals surface area contributed by atoms with Gasteiger partial charge < -0.3 is 14.5 Å². The molecule has 6 heteroatoms. The molecule has 2 saturated heterocycles. The molecule has 124 valence electrons. The molecule has 0 bridgehead atoms. The Labute approximate surface area is 144 Å². The number of amides is 2. The van der Waals surface area contributed by atoms with Crippen molar-refractivity contribution in [3.8, 4) is 0 Å². The summed E-state index contributed by atoms with van der Waals surface area (Å²) in [6.45, 7) is 5.59. The minimum Gasteiger partial charge on any atom is -0.375 e. The Morgan fingerprint density at radius 2 is 2.13 bits per heavy atom. The Hall–Kier alpha value is -1.40. The van der Waals surface area contributed by atoms with Crippen molar-refractivity contribution in [3.63, 3.8) is 0 Å². The SMILES string of the molecule is CC1CN(C(=O)C2CCN(c3cccc(Br)c3)C2=O)C(C)CO1. The lowest BCUT2D eigenvalue weighted by Crippen LogP contribution is -2.53. The number of hydrogen-bond acceptors (Lipinski definition) is 3. The van der Waals surface area contributed by atoms with Crippen LogP contribution in [-0.2, 0) is 14.3 Å². The van der Waals surface area contributed by atoms with Gasteiger partial charge in [0.2, 0.25) is 11.8 Å². The van der Waals surface area contributed by atoms with Crippen LogP contribution >= 0.6 is 15.9 Å². The fourth-order valence-electron chi connectivity index (χ4n) is 3.22. The molecule has 23 heavy (non-hydrogen) atoms. The molecule has 2 amide bonds. The Balaban J connectivity index is 1.74. The second-order valence-corrected chi connectivity index (χ2v) is 7.21. The Bertz CT molecular complexity index is 622. The van der Waals surface area contributed by atoms with Gasteiger partial charge in [0.1, 0.15) is 5.92 Å². The van der Waals surface area contributed by atoms with Crippen molar-refractivity contribution < 1.29 is 14.3 Å². The number of carbonyl (C=O) groups is 2. The van der Waals surface area contributed by atoms with E-state index in [0.717, 1.165) is 10.2 Å². The number of ether oxygens (including phenoxy) is 1. The molecule has 3 atom stereocenters. The van der Waals surface area contributed by atoms with Crippen molar-refractivity contribution >= 4 is 33.4 Å². The zero-order valence-electron chi connectivity index (χ0n) is 13.4. The third-order valence-corrected chi connectivity index (χ3v) is 5.01. The van der Waals surface area contributed by atoms with Crippen LogP contribution in [0.3, 0.4) is 0 Å². The van der Waals surface area contributed by atoms with E-state index in [9.17, 15) is 9.59 Å². The monoisotopic (exact) mass is 380 g/mol. The van der Waals surface area contributed by atoms with E-state index in [0.29, 0.717) is 26.1 Å². The predicted octanol–water partition coefficient (Wildman–Crippen LogP) is 2.44. The summed E-state index contributed by atoms with van der Waals surface area (Å²) in [6, 6.07) is 7.64. The summed E-state index contributed by atoms with van der Waals surface area (Å²) in [6.07, 6.45) is 0.593. The van der Waals surface area contributed by atoms with Crippen LogP contribution in [-0.4, -0.2) is 48.6 Å². The predicted molar refractivity (Wildman–Crippen MR) is 91.2 cm³/mol. The van der Waals surface area contributed by atoms with Crippen molar-refractivity contribution in [2.45, 2.75) is 32.4 Å². The molecule has 0 saturated carbocycles. The first-order chi connectivity index (χ1) is 11.0. The number of anilines is 1. The molecule has 3 rings (SSSR count). The molecule has 1 aromatic rings. The largest absolute Gasteiger partial charge is 0.375 e. The normalized spacial score (nSPS) is 28.3. The quantitative estimate of drug-likeness (QED) is 0.740. The van der Waals surface area contributed by atoms with E-state index in [1.165, 1.54) is 0 Å². The van der Waals surface area contributed by atoms with Gasteiger partial charge >= 0.3 is 0 Å². The average molecular weight is 381 g/mol. The number of rotatable bonds is 2. The first-order valence-corrected chi connectivity index (χ1v) is 8.75. The van der Waals surface area contributed by atoms with Crippen LogP contribution in [0.25, 0.3) is 0 Å². The van der Waals surface area contributed by atoms with Gasteiger partial charge in [0.05, 0.1) is 18.8 Å². The molecule has 3 unspecified atom stereocenters. The lowest BCUT2D eigenvalue weighted by molar-refractivity contribution is -0.149. The number of nitrogens with zero attached hydrogens (tertiary/aromatic N) is 2. The molecule has 0 aromatic heterocycles. The van der Waals surface area contributed by atoms with Gasteiger partial charge in [-0.1, -0.05) is 22.0 Å². The van der Waals surface area contributed by atoms with Gasteiger partial charge in [-0.25, -0.2) is 0 Å². The highest BCUT2D eigenvalue weighted by molar-refractivity contribution is 9.10. The minimum absolute atomic E-state index is 0.0198. The highest BCUT2D eigenvalue weighted by Gasteiger charge is 2.41. The Kier molecular flexibility index (Phi) is 4.73. The van der Waals surface area contributed by atoms with Crippen LogP contribution in [0, 0.1) is 5.92 Å². The third kappa shape index (κ3) is 3.28. The topological polar surface area (TPSA) is 49.9 Å². The van der Waals surface area contributed by atoms with Gasteiger partial charge in [0.25, 0.3) is 0 Å². The zero-order chi connectivity index (χ0) is 16.6. The highest BCUT2D eigenvalue weighted by Crippen LogP contribution is 2.29. The van der Waals surface area contributed by atoms with E-state index < -0.39 is 5.92 Å². The van der Waals surface area contributed by atoms with Crippen molar-refractivity contribution in [2.75, 3.05) is 24.6 Å². The van der Waals surface area contributed by atoms with E-state index in [1.807, 2.05) is 38.1 Å². The molecule has 2 heterocycles.